The van der Waals surface area contributed by atoms with Crippen molar-refractivity contribution in [3.8, 4) is 0 Å². The molecule has 0 saturated heterocycles. The number of carbonyl (C=O) groups is 7. The van der Waals surface area contributed by atoms with Crippen LogP contribution >= 0.6 is 0 Å². The molecule has 0 unspecified atom stereocenters. The van der Waals surface area contributed by atoms with Gasteiger partial charge in [0.15, 0.2) is 0 Å². The predicted molar refractivity (Wildman–Crippen MR) is 152 cm³/mol. The molecule has 43 heavy (non-hydrogen) atoms. The molecule has 0 spiro atoms. The molecule has 0 aliphatic carbocycles. The van der Waals surface area contributed by atoms with Crippen LogP contribution in [0.3, 0.4) is 0 Å². The van der Waals surface area contributed by atoms with Gasteiger partial charge in [-0.15, -0.1) is 0 Å². The second-order valence-electron chi connectivity index (χ2n) is 10.3. The van der Waals surface area contributed by atoms with Gasteiger partial charge in [0.05, 0.1) is 0 Å². The van der Waals surface area contributed by atoms with E-state index < -0.39 is 59.7 Å². The highest BCUT2D eigenvalue weighted by Gasteiger charge is 2.24. The minimum atomic E-state index is -1.37. The Labute approximate surface area is 250 Å². The summed E-state index contributed by atoms with van der Waals surface area (Å²) in [7, 11) is 0. The van der Waals surface area contributed by atoms with Crippen LogP contribution in [0.1, 0.15) is 103 Å². The highest BCUT2D eigenvalue weighted by atomic mass is 16.4. The lowest BCUT2D eigenvalue weighted by Gasteiger charge is -2.17. The van der Waals surface area contributed by atoms with Crippen LogP contribution in [0.2, 0.25) is 0 Å². The maximum atomic E-state index is 12.3. The van der Waals surface area contributed by atoms with E-state index >= 15 is 0 Å². The number of carboxylic acid groups (broad SMARTS) is 4. The molecule has 16 heteroatoms. The van der Waals surface area contributed by atoms with Gasteiger partial charge in [0.25, 0.3) is 0 Å². The van der Waals surface area contributed by atoms with Crippen LogP contribution < -0.4 is 27.2 Å². The minimum Gasteiger partial charge on any atom is -0.481 e. The number of hydrogen-bond acceptors (Lipinski definition) is 9. The van der Waals surface area contributed by atoms with Gasteiger partial charge in [-0.25, -0.2) is 15.0 Å². The Hall–Kier alpha value is -3.79. The van der Waals surface area contributed by atoms with Crippen molar-refractivity contribution in [2.75, 3.05) is 6.54 Å². The van der Waals surface area contributed by atoms with E-state index in [4.69, 9.17) is 16.1 Å². The Morgan fingerprint density at radius 2 is 0.930 bits per heavy atom. The molecule has 0 bridgehead atoms. The monoisotopic (exact) mass is 617 g/mol. The molecule has 10 N–H and O–H groups in total. The zero-order valence-corrected chi connectivity index (χ0v) is 24.5. The third-order valence-electron chi connectivity index (χ3n) is 6.62. The van der Waals surface area contributed by atoms with E-state index in [1.807, 2.05) is 0 Å². The molecular weight excluding hydrogens is 570 g/mol. The van der Waals surface area contributed by atoms with E-state index in [9.17, 15) is 43.8 Å². The molecule has 0 aromatic heterocycles. The minimum absolute atomic E-state index is 0.117. The first-order chi connectivity index (χ1) is 20.4. The summed E-state index contributed by atoms with van der Waals surface area (Å²) in [6, 6.07) is -3.60. The van der Waals surface area contributed by atoms with Crippen LogP contribution in [0.5, 0.6) is 0 Å². The van der Waals surface area contributed by atoms with Crippen LogP contribution in [-0.2, 0) is 33.6 Å². The zero-order valence-electron chi connectivity index (χ0n) is 24.5. The van der Waals surface area contributed by atoms with E-state index in [1.165, 1.54) is 0 Å². The number of carboxylic acids is 4. The Morgan fingerprint density at radius 3 is 1.40 bits per heavy atom. The van der Waals surface area contributed by atoms with Crippen molar-refractivity contribution < 1.29 is 54.0 Å². The summed E-state index contributed by atoms with van der Waals surface area (Å²) in [5.41, 5.74) is 2.17. The topological polar surface area (TPSA) is 275 Å². The van der Waals surface area contributed by atoms with E-state index in [2.05, 4.69) is 21.4 Å². The Morgan fingerprint density at radius 1 is 0.488 bits per heavy atom. The van der Waals surface area contributed by atoms with Gasteiger partial charge in [-0.2, -0.15) is 0 Å². The summed E-state index contributed by atoms with van der Waals surface area (Å²) in [6.45, 7) is 0.248. The summed E-state index contributed by atoms with van der Waals surface area (Å²) in [5.74, 6) is -1.10. The van der Waals surface area contributed by atoms with Crippen molar-refractivity contribution in [3.63, 3.8) is 0 Å². The molecule has 0 saturated carbocycles. The van der Waals surface area contributed by atoms with E-state index in [0.717, 1.165) is 32.1 Å². The molecule has 0 aromatic rings. The lowest BCUT2D eigenvalue weighted by molar-refractivity contribution is -0.143. The van der Waals surface area contributed by atoms with Crippen molar-refractivity contribution in [3.05, 3.63) is 0 Å². The maximum absolute atomic E-state index is 12.3. The fourth-order valence-electron chi connectivity index (χ4n) is 4.11. The molecule has 0 radical (unpaired) electrons. The summed E-state index contributed by atoms with van der Waals surface area (Å²) in [5, 5.41) is 43.5. The average Bonchev–Trinajstić information content (AvgIpc) is 2.93. The number of amides is 3. The van der Waals surface area contributed by atoms with Crippen LogP contribution in [0.25, 0.3) is 0 Å². The molecular formula is C27H47N5O11. The molecule has 3 atom stereocenters. The second-order valence-corrected chi connectivity index (χ2v) is 10.3. The molecule has 0 aromatic carbocycles. The summed E-state index contributed by atoms with van der Waals surface area (Å²) < 4.78 is 0. The third-order valence-corrected chi connectivity index (χ3v) is 6.62. The first-order valence-corrected chi connectivity index (χ1v) is 14.6. The number of carbonyl (C=O) groups excluding carboxylic acids is 3. The van der Waals surface area contributed by atoms with Gasteiger partial charge in [-0.05, 0) is 44.9 Å². The number of hydrazine groups is 1. The number of rotatable bonds is 27. The van der Waals surface area contributed by atoms with Crippen molar-refractivity contribution >= 4 is 41.6 Å². The van der Waals surface area contributed by atoms with Crippen LogP contribution in [-0.4, -0.2) is 86.7 Å². The summed E-state index contributed by atoms with van der Waals surface area (Å²) in [4.78, 5) is 80.9. The van der Waals surface area contributed by atoms with Crippen molar-refractivity contribution in [1.29, 1.82) is 0 Å². The van der Waals surface area contributed by atoms with E-state index in [-0.39, 0.29) is 51.5 Å². The quantitative estimate of drug-likeness (QED) is 0.0345. The maximum Gasteiger partial charge on any atom is 0.326 e. The molecule has 0 rings (SSSR count). The first kappa shape index (κ1) is 39.2. The summed E-state index contributed by atoms with van der Waals surface area (Å²) >= 11 is 0. The highest BCUT2D eigenvalue weighted by molar-refractivity contribution is 5.86. The molecule has 0 aliphatic heterocycles. The van der Waals surface area contributed by atoms with E-state index in [1.54, 1.807) is 0 Å². The van der Waals surface area contributed by atoms with Crippen molar-refractivity contribution in [2.45, 2.75) is 121 Å². The van der Waals surface area contributed by atoms with Crippen LogP contribution in [0, 0.1) is 0 Å². The molecule has 16 nitrogen and oxygen atoms in total. The van der Waals surface area contributed by atoms with Gasteiger partial charge in [0, 0.05) is 32.2 Å². The zero-order chi connectivity index (χ0) is 32.6. The number of aliphatic carboxylic acids is 4. The van der Waals surface area contributed by atoms with Crippen LogP contribution in [0.15, 0.2) is 0 Å². The van der Waals surface area contributed by atoms with Crippen molar-refractivity contribution in [1.82, 2.24) is 21.4 Å². The van der Waals surface area contributed by atoms with Gasteiger partial charge in [0.1, 0.15) is 18.1 Å². The average molecular weight is 618 g/mol. The Bertz CT molecular complexity index is 916. The molecule has 0 fully saturated rings. The fraction of sp³-hybridized carbons (Fsp3) is 0.741. The number of nitrogens with one attached hydrogen (secondary N) is 4. The normalized spacial score (nSPS) is 12.9. The Kier molecular flexibility index (Phi) is 21.6. The Balaban J connectivity index is 4.31. The van der Waals surface area contributed by atoms with Gasteiger partial charge in [-0.1, -0.05) is 32.1 Å². The van der Waals surface area contributed by atoms with Gasteiger partial charge < -0.3 is 36.4 Å². The first-order valence-electron chi connectivity index (χ1n) is 14.6. The van der Waals surface area contributed by atoms with Crippen LogP contribution in [0.4, 0.5) is 0 Å². The highest BCUT2D eigenvalue weighted by Crippen LogP contribution is 2.10. The largest absolute Gasteiger partial charge is 0.481 e. The molecule has 0 heterocycles. The lowest BCUT2D eigenvalue weighted by Crippen LogP contribution is -2.44. The molecule has 3 amide bonds. The number of unbranched alkanes of at least 4 members (excludes halogenated alkanes) is 7. The standard InChI is InChI=1S/C27H47N5O11/c28-32-20(27(42)43)10-8-9-17-29-21(33)15-13-18(25(38)39)31-23(35)16-14-19(26(40)41)30-22(34)11-6-4-2-1-3-5-7-12-24(36)37/h18-20,32H,1-17,28H2,(H,29,33)(H,30,34)(H,31,35)(H,36,37)(H,38,39)(H,40,41)(H,42,43)/t18-,19-,20-/m0/s1. The van der Waals surface area contributed by atoms with Crippen molar-refractivity contribution in [2.24, 2.45) is 5.84 Å². The number of hydrogen-bond donors (Lipinski definition) is 9. The smallest absolute Gasteiger partial charge is 0.326 e. The second kappa shape index (κ2) is 23.7. The van der Waals surface area contributed by atoms with Gasteiger partial charge in [-0.3, -0.25) is 29.8 Å². The summed E-state index contributed by atoms with van der Waals surface area (Å²) in [6.07, 6.45) is 5.97. The van der Waals surface area contributed by atoms with Gasteiger partial charge in [0.2, 0.25) is 17.7 Å². The fourth-order valence-corrected chi connectivity index (χ4v) is 4.11. The van der Waals surface area contributed by atoms with E-state index in [0.29, 0.717) is 25.7 Å². The third kappa shape index (κ3) is 21.6. The molecule has 0 aliphatic rings. The molecule has 246 valence electrons. The van der Waals surface area contributed by atoms with Gasteiger partial charge >= 0.3 is 23.9 Å². The lowest BCUT2D eigenvalue weighted by atomic mass is 10.1. The number of nitrogens with two attached hydrogens (primary N) is 1. The SMILES string of the molecule is NN[C@@H](CCCCNC(=O)CC[C@H](NC(=O)CC[C@H](NC(=O)CCCCCCCCCC(=O)O)C(=O)O)C(=O)O)C(=O)O. The predicted octanol–water partition coefficient (Wildman–Crippen LogP) is 0.484.